The minimum atomic E-state index is -0.816. The molecule has 0 aliphatic heterocycles. The minimum absolute atomic E-state index is 0.0364. The molecule has 0 atom stereocenters. The van der Waals surface area contributed by atoms with Crippen molar-refractivity contribution in [2.24, 2.45) is 0 Å². The number of anilines is 2. The summed E-state index contributed by atoms with van der Waals surface area (Å²) in [5.41, 5.74) is 6.54. The Morgan fingerprint density at radius 1 is 1.15 bits per heavy atom. The molecule has 0 spiro atoms. The fourth-order valence-electron chi connectivity index (χ4n) is 3.13. The number of aromatic nitrogens is 2. The van der Waals surface area contributed by atoms with E-state index >= 15 is 0 Å². The fraction of sp³-hybridized carbons (Fsp3) is 0.478. The number of benzene rings is 1. The summed E-state index contributed by atoms with van der Waals surface area (Å²) in [5.74, 6) is -1.10. The summed E-state index contributed by atoms with van der Waals surface area (Å²) >= 11 is 0. The molecule has 0 unspecified atom stereocenters. The van der Waals surface area contributed by atoms with Gasteiger partial charge in [-0.25, -0.2) is 9.59 Å². The van der Waals surface area contributed by atoms with E-state index in [1.54, 1.807) is 12.1 Å². The number of hydrogen-bond donors (Lipinski definition) is 2. The molecule has 2 aromatic rings. The molecule has 0 saturated carbocycles. The van der Waals surface area contributed by atoms with E-state index in [0.29, 0.717) is 12.2 Å². The molecule has 0 aliphatic carbocycles. The standard InChI is InChI=1S/C23H32N4O7/c1-5-6-9-27-21(24)20(22(30)25-23(27)31)26(10-11-32-4)18(28)13-34-19(29)14-33-17-8-7-15(2)16(3)12-17/h7-8,12H,5-6,9-11,13-14,24H2,1-4H3,(H,25,30,31). The topological polar surface area (TPSA) is 146 Å². The van der Waals surface area contributed by atoms with Crippen LogP contribution in [0.1, 0.15) is 30.9 Å². The number of hydrogen-bond acceptors (Lipinski definition) is 8. The van der Waals surface area contributed by atoms with Gasteiger partial charge in [-0.15, -0.1) is 0 Å². The molecule has 1 heterocycles. The van der Waals surface area contributed by atoms with Crippen LogP contribution in [-0.2, 0) is 25.6 Å². The molecule has 0 bridgehead atoms. The number of carbonyl (C=O) groups is 2. The number of nitrogens with one attached hydrogen (secondary N) is 1. The first-order valence-corrected chi connectivity index (χ1v) is 11.0. The first kappa shape index (κ1) is 26.7. The minimum Gasteiger partial charge on any atom is -0.482 e. The van der Waals surface area contributed by atoms with Gasteiger partial charge in [0.1, 0.15) is 11.6 Å². The second-order valence-electron chi connectivity index (χ2n) is 7.73. The number of H-pyrrole nitrogens is 1. The highest BCUT2D eigenvalue weighted by atomic mass is 16.6. The Hall–Kier alpha value is -3.60. The van der Waals surface area contributed by atoms with Crippen molar-refractivity contribution >= 4 is 23.4 Å². The van der Waals surface area contributed by atoms with Crippen LogP contribution in [0.3, 0.4) is 0 Å². The first-order valence-electron chi connectivity index (χ1n) is 11.0. The molecular formula is C23H32N4O7. The van der Waals surface area contributed by atoms with E-state index in [1.807, 2.05) is 26.8 Å². The summed E-state index contributed by atoms with van der Waals surface area (Å²) in [5, 5.41) is 0. The molecule has 0 radical (unpaired) electrons. The number of esters is 1. The maximum Gasteiger partial charge on any atom is 0.344 e. The number of unbranched alkanes of at least 4 members (excludes halogenated alkanes) is 1. The molecule has 1 aromatic heterocycles. The van der Waals surface area contributed by atoms with E-state index in [0.717, 1.165) is 22.4 Å². The Labute approximate surface area is 197 Å². The number of aryl methyl sites for hydroxylation is 2. The maximum atomic E-state index is 12.9. The number of nitrogens with two attached hydrogens (primary N) is 1. The van der Waals surface area contributed by atoms with E-state index in [9.17, 15) is 19.2 Å². The van der Waals surface area contributed by atoms with Gasteiger partial charge in [0.05, 0.1) is 6.61 Å². The van der Waals surface area contributed by atoms with Gasteiger partial charge in [-0.05, 0) is 43.5 Å². The lowest BCUT2D eigenvalue weighted by Crippen LogP contribution is -2.44. The van der Waals surface area contributed by atoms with Crippen molar-refractivity contribution in [2.75, 3.05) is 44.1 Å². The van der Waals surface area contributed by atoms with Crippen molar-refractivity contribution in [2.45, 2.75) is 40.2 Å². The van der Waals surface area contributed by atoms with Crippen molar-refractivity contribution < 1.29 is 23.8 Å². The van der Waals surface area contributed by atoms with Crippen LogP contribution < -0.4 is 26.6 Å². The zero-order valence-electron chi connectivity index (χ0n) is 20.0. The average molecular weight is 477 g/mol. The second-order valence-corrected chi connectivity index (χ2v) is 7.73. The maximum absolute atomic E-state index is 12.9. The Balaban J connectivity index is 2.13. The highest BCUT2D eigenvalue weighted by Gasteiger charge is 2.25. The highest BCUT2D eigenvalue weighted by molar-refractivity contribution is 5.97. The summed E-state index contributed by atoms with van der Waals surface area (Å²) in [7, 11) is 1.43. The molecule has 186 valence electrons. The van der Waals surface area contributed by atoms with Crippen molar-refractivity contribution in [3.05, 3.63) is 50.2 Å². The zero-order valence-corrected chi connectivity index (χ0v) is 20.0. The van der Waals surface area contributed by atoms with Gasteiger partial charge in [0.2, 0.25) is 0 Å². The number of carbonyl (C=O) groups excluding carboxylic acids is 2. The molecule has 3 N–H and O–H groups in total. The first-order chi connectivity index (χ1) is 16.2. The summed E-state index contributed by atoms with van der Waals surface area (Å²) in [6.45, 7) is 5.12. The molecule has 0 aliphatic rings. The van der Waals surface area contributed by atoms with Crippen molar-refractivity contribution in [1.29, 1.82) is 0 Å². The molecule has 2 rings (SSSR count). The smallest absolute Gasteiger partial charge is 0.344 e. The number of amides is 1. The van der Waals surface area contributed by atoms with E-state index in [-0.39, 0.29) is 31.2 Å². The van der Waals surface area contributed by atoms with Gasteiger partial charge in [-0.1, -0.05) is 19.4 Å². The Morgan fingerprint density at radius 2 is 1.88 bits per heavy atom. The zero-order chi connectivity index (χ0) is 25.3. The van der Waals surface area contributed by atoms with Crippen LogP contribution in [-0.4, -0.2) is 54.9 Å². The van der Waals surface area contributed by atoms with Crippen molar-refractivity contribution in [3.63, 3.8) is 0 Å². The SMILES string of the molecule is CCCCn1c(N)c(N(CCOC)C(=O)COC(=O)COc2ccc(C)c(C)c2)c(=O)[nH]c1=O. The number of nitrogen functional groups attached to an aromatic ring is 1. The lowest BCUT2D eigenvalue weighted by atomic mass is 10.1. The molecule has 0 fully saturated rings. The van der Waals surface area contributed by atoms with E-state index < -0.39 is 36.3 Å². The summed E-state index contributed by atoms with van der Waals surface area (Å²) in [6.07, 6.45) is 1.45. The lowest BCUT2D eigenvalue weighted by Gasteiger charge is -2.24. The van der Waals surface area contributed by atoms with Crippen LogP contribution >= 0.6 is 0 Å². The Bertz CT molecular complexity index is 1120. The Morgan fingerprint density at radius 3 is 2.53 bits per heavy atom. The van der Waals surface area contributed by atoms with Crippen LogP contribution in [0.5, 0.6) is 5.75 Å². The van der Waals surface area contributed by atoms with Gasteiger partial charge < -0.3 is 19.9 Å². The Kier molecular flexibility index (Phi) is 9.87. The van der Waals surface area contributed by atoms with Crippen molar-refractivity contribution in [3.8, 4) is 5.75 Å². The van der Waals surface area contributed by atoms with Crippen LogP contribution in [0.25, 0.3) is 0 Å². The number of rotatable bonds is 12. The second kappa shape index (κ2) is 12.6. The monoisotopic (exact) mass is 476 g/mol. The van der Waals surface area contributed by atoms with Crippen LogP contribution in [0, 0.1) is 13.8 Å². The third-order valence-electron chi connectivity index (χ3n) is 5.23. The number of nitrogens with zero attached hydrogens (tertiary/aromatic N) is 2. The van der Waals surface area contributed by atoms with Crippen LogP contribution in [0.2, 0.25) is 0 Å². The van der Waals surface area contributed by atoms with E-state index in [1.165, 1.54) is 11.7 Å². The van der Waals surface area contributed by atoms with Gasteiger partial charge in [0.25, 0.3) is 11.5 Å². The molecule has 0 saturated heterocycles. The summed E-state index contributed by atoms with van der Waals surface area (Å²) in [4.78, 5) is 53.0. The van der Waals surface area contributed by atoms with Gasteiger partial charge in [-0.2, -0.15) is 0 Å². The van der Waals surface area contributed by atoms with Gasteiger partial charge >= 0.3 is 11.7 Å². The molecule has 11 heteroatoms. The summed E-state index contributed by atoms with van der Waals surface area (Å²) in [6, 6.07) is 5.40. The van der Waals surface area contributed by atoms with Crippen LogP contribution in [0.15, 0.2) is 27.8 Å². The molecule has 34 heavy (non-hydrogen) atoms. The predicted molar refractivity (Wildman–Crippen MR) is 127 cm³/mol. The predicted octanol–water partition coefficient (Wildman–Crippen LogP) is 1.14. The summed E-state index contributed by atoms with van der Waals surface area (Å²) < 4.78 is 16.7. The normalized spacial score (nSPS) is 10.7. The number of methoxy groups -OCH3 is 1. The quantitative estimate of drug-likeness (QED) is 0.434. The third-order valence-corrected chi connectivity index (χ3v) is 5.23. The van der Waals surface area contributed by atoms with E-state index in [2.05, 4.69) is 4.98 Å². The fourth-order valence-corrected chi connectivity index (χ4v) is 3.13. The number of ether oxygens (including phenoxy) is 3. The third kappa shape index (κ3) is 6.95. The molecule has 1 aromatic carbocycles. The van der Waals surface area contributed by atoms with E-state index in [4.69, 9.17) is 19.9 Å². The van der Waals surface area contributed by atoms with Gasteiger partial charge in [-0.3, -0.25) is 24.0 Å². The number of aromatic amines is 1. The molecular weight excluding hydrogens is 444 g/mol. The van der Waals surface area contributed by atoms with Crippen molar-refractivity contribution in [1.82, 2.24) is 9.55 Å². The van der Waals surface area contributed by atoms with Crippen LogP contribution in [0.4, 0.5) is 11.5 Å². The molecule has 11 nitrogen and oxygen atoms in total. The largest absolute Gasteiger partial charge is 0.482 e. The van der Waals surface area contributed by atoms with Gasteiger partial charge in [0.15, 0.2) is 18.9 Å². The van der Waals surface area contributed by atoms with Gasteiger partial charge in [0, 0.05) is 20.2 Å². The highest BCUT2D eigenvalue weighted by Crippen LogP contribution is 2.18. The molecule has 1 amide bonds. The lowest BCUT2D eigenvalue weighted by molar-refractivity contribution is -0.149. The average Bonchev–Trinajstić information content (AvgIpc) is 2.80.